The Kier molecular flexibility index (Phi) is 4.39. The van der Waals surface area contributed by atoms with Crippen molar-refractivity contribution in [3.8, 4) is 5.75 Å². The molecule has 0 heterocycles. The number of hydrogen-bond donors (Lipinski definition) is 2. The molecule has 0 amide bonds. The first kappa shape index (κ1) is 14.5. The highest BCUT2D eigenvalue weighted by Gasteiger charge is 2.26. The number of nitro groups is 1. The van der Waals surface area contributed by atoms with Gasteiger partial charge in [-0.1, -0.05) is 6.42 Å². The van der Waals surface area contributed by atoms with Crippen molar-refractivity contribution in [1.29, 1.82) is 0 Å². The van der Waals surface area contributed by atoms with Crippen LogP contribution in [-0.2, 0) is 0 Å². The van der Waals surface area contributed by atoms with Gasteiger partial charge in [-0.2, -0.15) is 0 Å². The number of ether oxygens (including phenoxy) is 1. The van der Waals surface area contributed by atoms with Gasteiger partial charge in [0.15, 0.2) is 11.6 Å². The number of benzene rings is 1. The molecule has 0 saturated heterocycles. The summed E-state index contributed by atoms with van der Waals surface area (Å²) >= 11 is 0. The molecule has 2 atom stereocenters. The van der Waals surface area contributed by atoms with Crippen LogP contribution in [0.2, 0.25) is 0 Å². The van der Waals surface area contributed by atoms with Crippen LogP contribution in [0.3, 0.4) is 0 Å². The van der Waals surface area contributed by atoms with Crippen LogP contribution in [0.4, 0.5) is 15.8 Å². The van der Waals surface area contributed by atoms with E-state index in [1.165, 1.54) is 13.2 Å². The maximum Gasteiger partial charge on any atom is 0.295 e. The fourth-order valence-electron chi connectivity index (χ4n) is 2.49. The number of anilines is 1. The van der Waals surface area contributed by atoms with Crippen molar-refractivity contribution in [1.82, 2.24) is 0 Å². The van der Waals surface area contributed by atoms with Gasteiger partial charge >= 0.3 is 0 Å². The fourth-order valence-corrected chi connectivity index (χ4v) is 2.49. The van der Waals surface area contributed by atoms with Crippen molar-refractivity contribution in [2.45, 2.75) is 25.4 Å². The predicted molar refractivity (Wildman–Crippen MR) is 71.4 cm³/mol. The first-order valence-corrected chi connectivity index (χ1v) is 6.46. The second-order valence-electron chi connectivity index (χ2n) is 4.90. The van der Waals surface area contributed by atoms with Gasteiger partial charge in [-0.05, 0) is 12.8 Å². The number of aliphatic hydroxyl groups excluding tert-OH is 1. The number of nitro benzene ring substituents is 1. The lowest BCUT2D eigenvalue weighted by molar-refractivity contribution is -0.384. The molecule has 0 aromatic heterocycles. The lowest BCUT2D eigenvalue weighted by atomic mass is 10.1. The van der Waals surface area contributed by atoms with E-state index < -0.39 is 10.7 Å². The third-order valence-electron chi connectivity index (χ3n) is 3.64. The molecule has 1 saturated carbocycles. The summed E-state index contributed by atoms with van der Waals surface area (Å²) < 4.78 is 18.3. The van der Waals surface area contributed by atoms with Gasteiger partial charge in [-0.3, -0.25) is 10.1 Å². The molecule has 1 aromatic rings. The van der Waals surface area contributed by atoms with E-state index in [0.717, 1.165) is 25.3 Å². The zero-order valence-electron chi connectivity index (χ0n) is 11.1. The van der Waals surface area contributed by atoms with Gasteiger partial charge in [0.2, 0.25) is 0 Å². The molecule has 1 aliphatic carbocycles. The van der Waals surface area contributed by atoms with Crippen LogP contribution < -0.4 is 10.1 Å². The number of rotatable bonds is 5. The molecule has 6 nitrogen and oxygen atoms in total. The van der Waals surface area contributed by atoms with E-state index in [4.69, 9.17) is 4.74 Å². The highest BCUT2D eigenvalue weighted by Crippen LogP contribution is 2.33. The zero-order chi connectivity index (χ0) is 14.7. The third kappa shape index (κ3) is 2.98. The lowest BCUT2D eigenvalue weighted by Crippen LogP contribution is -2.22. The van der Waals surface area contributed by atoms with Gasteiger partial charge in [0.25, 0.3) is 5.69 Å². The molecule has 0 unspecified atom stereocenters. The van der Waals surface area contributed by atoms with E-state index in [2.05, 4.69) is 5.32 Å². The minimum Gasteiger partial charge on any atom is -0.494 e. The Morgan fingerprint density at radius 3 is 2.85 bits per heavy atom. The molecule has 2 rings (SSSR count). The van der Waals surface area contributed by atoms with Crippen LogP contribution >= 0.6 is 0 Å². The molecule has 110 valence electrons. The van der Waals surface area contributed by atoms with Crippen molar-refractivity contribution in [3.63, 3.8) is 0 Å². The maximum atomic E-state index is 13.5. The van der Waals surface area contributed by atoms with Crippen LogP contribution in [0.25, 0.3) is 0 Å². The van der Waals surface area contributed by atoms with Gasteiger partial charge in [0, 0.05) is 18.5 Å². The standard InChI is InChI=1S/C13H17FN2O4/c1-20-13-6-10(11(16(18)19)5-9(13)14)15-7-8-3-2-4-12(8)17/h5-6,8,12,15,17H,2-4,7H2,1H3/t8-,12-/m0/s1. The topological polar surface area (TPSA) is 84.6 Å². The van der Waals surface area contributed by atoms with Gasteiger partial charge in [-0.25, -0.2) is 4.39 Å². The molecule has 1 aliphatic rings. The Morgan fingerprint density at radius 2 is 2.30 bits per heavy atom. The predicted octanol–water partition coefficient (Wildman–Crippen LogP) is 2.32. The largest absolute Gasteiger partial charge is 0.494 e. The van der Waals surface area contributed by atoms with Crippen LogP contribution in [0.15, 0.2) is 12.1 Å². The normalized spacial score (nSPS) is 21.8. The summed E-state index contributed by atoms with van der Waals surface area (Å²) in [7, 11) is 1.30. The second kappa shape index (κ2) is 6.04. The minimum absolute atomic E-state index is 0.0509. The molecule has 1 fully saturated rings. The Balaban J connectivity index is 2.18. The molecule has 7 heteroatoms. The van der Waals surface area contributed by atoms with Crippen LogP contribution in [0, 0.1) is 21.8 Å². The van der Waals surface area contributed by atoms with Crippen molar-refractivity contribution >= 4 is 11.4 Å². The number of nitrogens with one attached hydrogen (secondary N) is 1. The van der Waals surface area contributed by atoms with E-state index in [-0.39, 0.29) is 29.1 Å². The van der Waals surface area contributed by atoms with Crippen molar-refractivity contribution in [3.05, 3.63) is 28.1 Å². The number of methoxy groups -OCH3 is 1. The van der Waals surface area contributed by atoms with Gasteiger partial charge in [-0.15, -0.1) is 0 Å². The van der Waals surface area contributed by atoms with Crippen molar-refractivity contribution in [2.75, 3.05) is 19.0 Å². The smallest absolute Gasteiger partial charge is 0.295 e. The summed E-state index contributed by atoms with van der Waals surface area (Å²) in [4.78, 5) is 10.3. The number of halogens is 1. The summed E-state index contributed by atoms with van der Waals surface area (Å²) in [6.07, 6.45) is 2.19. The minimum atomic E-state index is -0.773. The van der Waals surface area contributed by atoms with E-state index >= 15 is 0 Å². The number of aliphatic hydroxyl groups is 1. The Hall–Kier alpha value is -1.89. The Labute approximate surface area is 115 Å². The van der Waals surface area contributed by atoms with Crippen LogP contribution in [0.5, 0.6) is 5.75 Å². The molecular weight excluding hydrogens is 267 g/mol. The van der Waals surface area contributed by atoms with Crippen molar-refractivity contribution < 1.29 is 19.2 Å². The lowest BCUT2D eigenvalue weighted by Gasteiger charge is -2.16. The average Bonchev–Trinajstić information content (AvgIpc) is 2.82. The van der Waals surface area contributed by atoms with Crippen molar-refractivity contribution in [2.24, 2.45) is 5.92 Å². The van der Waals surface area contributed by atoms with E-state index in [1.54, 1.807) is 0 Å². The van der Waals surface area contributed by atoms with Crippen LogP contribution in [-0.4, -0.2) is 29.8 Å². The molecular formula is C13H17FN2O4. The quantitative estimate of drug-likeness (QED) is 0.640. The Bertz CT molecular complexity index is 509. The first-order valence-electron chi connectivity index (χ1n) is 6.46. The molecule has 1 aromatic carbocycles. The molecule has 0 spiro atoms. The summed E-state index contributed by atoms with van der Waals surface area (Å²) in [5.41, 5.74) is -0.136. The van der Waals surface area contributed by atoms with Gasteiger partial charge < -0.3 is 15.2 Å². The highest BCUT2D eigenvalue weighted by molar-refractivity contribution is 5.64. The van der Waals surface area contributed by atoms with Crippen LogP contribution in [0.1, 0.15) is 19.3 Å². The summed E-state index contributed by atoms with van der Waals surface area (Å²) in [5.74, 6) is -0.763. The molecule has 0 radical (unpaired) electrons. The van der Waals surface area contributed by atoms with E-state index in [1.807, 2.05) is 0 Å². The average molecular weight is 284 g/mol. The fraction of sp³-hybridized carbons (Fsp3) is 0.538. The van der Waals surface area contributed by atoms with Gasteiger partial charge in [0.05, 0.1) is 24.2 Å². The molecule has 0 bridgehead atoms. The first-order chi connectivity index (χ1) is 9.52. The zero-order valence-corrected chi connectivity index (χ0v) is 11.1. The monoisotopic (exact) mass is 284 g/mol. The maximum absolute atomic E-state index is 13.5. The SMILES string of the molecule is COc1cc(NC[C@@H]2CCC[C@@H]2O)c([N+](=O)[O-])cc1F. The van der Waals surface area contributed by atoms with E-state index in [0.29, 0.717) is 6.54 Å². The second-order valence-corrected chi connectivity index (χ2v) is 4.90. The number of hydrogen-bond acceptors (Lipinski definition) is 5. The summed E-state index contributed by atoms with van der Waals surface area (Å²) in [5, 5.41) is 23.6. The number of nitrogens with zero attached hydrogens (tertiary/aromatic N) is 1. The highest BCUT2D eigenvalue weighted by atomic mass is 19.1. The summed E-state index contributed by atoms with van der Waals surface area (Å²) in [6.45, 7) is 0.413. The molecule has 0 aliphatic heterocycles. The Morgan fingerprint density at radius 1 is 1.55 bits per heavy atom. The van der Waals surface area contributed by atoms with Gasteiger partial charge in [0.1, 0.15) is 5.69 Å². The van der Waals surface area contributed by atoms with E-state index in [9.17, 15) is 19.6 Å². The molecule has 2 N–H and O–H groups in total. The third-order valence-corrected chi connectivity index (χ3v) is 3.64. The summed E-state index contributed by atoms with van der Waals surface area (Å²) in [6, 6.07) is 2.11. The molecule has 20 heavy (non-hydrogen) atoms.